The van der Waals surface area contributed by atoms with Gasteiger partial charge in [0.05, 0.1) is 31.4 Å². The Bertz CT molecular complexity index is 1890. The molecule has 1 unspecified atom stereocenters. The number of rotatable bonds is 12. The van der Waals surface area contributed by atoms with Gasteiger partial charge in [0.25, 0.3) is 10.0 Å². The molecule has 5 rings (SSSR count). The molecule has 0 N–H and O–H groups in total. The zero-order chi connectivity index (χ0) is 36.3. The smallest absolute Gasteiger partial charge is 0.416 e. The van der Waals surface area contributed by atoms with Crippen molar-refractivity contribution < 1.29 is 31.1 Å². The summed E-state index contributed by atoms with van der Waals surface area (Å²) in [6.45, 7) is 2.91. The van der Waals surface area contributed by atoms with E-state index in [4.69, 9.17) is 21.1 Å². The second-order valence-corrected chi connectivity index (χ2v) is 14.9. The number of likely N-dealkylation sites (N-methyl/N-ethyl adjacent to an activating group) is 1. The predicted molar refractivity (Wildman–Crippen MR) is 189 cm³/mol. The number of benzene rings is 3. The minimum absolute atomic E-state index is 0.0468. The Morgan fingerprint density at radius 1 is 1.04 bits per heavy atom. The number of methoxy groups -OCH3 is 2. The molecule has 0 bridgehead atoms. The predicted octanol–water partition coefficient (Wildman–Crippen LogP) is 7.40. The van der Waals surface area contributed by atoms with Crippen LogP contribution in [0.5, 0.6) is 11.5 Å². The highest BCUT2D eigenvalue weighted by Crippen LogP contribution is 2.39. The van der Waals surface area contributed by atoms with E-state index in [1.165, 1.54) is 49.2 Å². The van der Waals surface area contributed by atoms with Gasteiger partial charge >= 0.3 is 6.18 Å². The fourth-order valence-electron chi connectivity index (χ4n) is 6.60. The van der Waals surface area contributed by atoms with Crippen molar-refractivity contribution in [2.24, 2.45) is 0 Å². The van der Waals surface area contributed by atoms with Crippen molar-refractivity contribution >= 4 is 33.1 Å². The van der Waals surface area contributed by atoms with Gasteiger partial charge in [-0.2, -0.15) is 13.2 Å². The Labute approximate surface area is 296 Å². The highest BCUT2D eigenvalue weighted by atomic mass is 35.5. The van der Waals surface area contributed by atoms with Gasteiger partial charge < -0.3 is 19.3 Å². The number of nitrogens with zero attached hydrogens (tertiary/aromatic N) is 5. The summed E-state index contributed by atoms with van der Waals surface area (Å²) in [5.74, 6) is 1.16. The van der Waals surface area contributed by atoms with Gasteiger partial charge in [-0.25, -0.2) is 22.7 Å². The van der Waals surface area contributed by atoms with E-state index in [9.17, 15) is 21.6 Å². The van der Waals surface area contributed by atoms with Crippen LogP contribution in [0.15, 0.2) is 78.1 Å². The quantitative estimate of drug-likeness (QED) is 0.149. The molecule has 0 aliphatic carbocycles. The molecule has 0 radical (unpaired) electrons. The third-order valence-electron chi connectivity index (χ3n) is 9.39. The second-order valence-electron chi connectivity index (χ2n) is 12.7. The van der Waals surface area contributed by atoms with E-state index in [0.717, 1.165) is 24.6 Å². The Morgan fingerprint density at radius 2 is 1.82 bits per heavy atom. The molecule has 1 aromatic heterocycles. The Hall–Kier alpha value is -4.07. The second kappa shape index (κ2) is 15.0. The van der Waals surface area contributed by atoms with Gasteiger partial charge in [0.1, 0.15) is 28.5 Å². The Kier molecular flexibility index (Phi) is 11.2. The lowest BCUT2D eigenvalue weighted by molar-refractivity contribution is -0.137. The molecule has 4 aromatic rings. The van der Waals surface area contributed by atoms with Gasteiger partial charge in [-0.15, -0.1) is 0 Å². The molecule has 1 atom stereocenters. The van der Waals surface area contributed by atoms with E-state index < -0.39 is 21.8 Å². The molecule has 1 aliphatic rings. The minimum Gasteiger partial charge on any atom is -0.497 e. The summed E-state index contributed by atoms with van der Waals surface area (Å²) in [7, 11) is 2.74. The van der Waals surface area contributed by atoms with Gasteiger partial charge in [-0.05, 0) is 88.2 Å². The van der Waals surface area contributed by atoms with Crippen molar-refractivity contribution in [3.63, 3.8) is 0 Å². The summed E-state index contributed by atoms with van der Waals surface area (Å²) in [4.78, 5) is 12.5. The number of hydrogen-bond acceptors (Lipinski definition) is 8. The van der Waals surface area contributed by atoms with Crippen LogP contribution in [0.1, 0.15) is 41.5 Å². The fraction of sp³-hybridized carbons (Fsp3) is 0.389. The van der Waals surface area contributed by atoms with E-state index in [1.54, 1.807) is 37.3 Å². The lowest BCUT2D eigenvalue weighted by atomic mass is 9.82. The summed E-state index contributed by atoms with van der Waals surface area (Å²) < 4.78 is 81.2. The van der Waals surface area contributed by atoms with Crippen LogP contribution in [0, 0.1) is 6.92 Å². The van der Waals surface area contributed by atoms with E-state index in [0.29, 0.717) is 54.1 Å². The highest BCUT2D eigenvalue weighted by molar-refractivity contribution is 7.93. The summed E-state index contributed by atoms with van der Waals surface area (Å²) in [5.41, 5.74) is 1.45. The van der Waals surface area contributed by atoms with E-state index in [2.05, 4.69) is 19.8 Å². The summed E-state index contributed by atoms with van der Waals surface area (Å²) in [6.07, 6.45) is 1.15. The number of alkyl halides is 3. The van der Waals surface area contributed by atoms with Crippen molar-refractivity contribution in [2.75, 3.05) is 50.6 Å². The summed E-state index contributed by atoms with van der Waals surface area (Å²) in [6, 6.07) is 15.6. The SMILES string of the molecule is COc1ccc(CN(c2ccncn2)S(=O)(=O)c2c(C)cc(N3CCCC(CCc4cccc(C(F)(F)F)c4)(N(C)C)C3)cc2Cl)c(OC)c1. The largest absolute Gasteiger partial charge is 0.497 e. The van der Waals surface area contributed by atoms with Gasteiger partial charge in [-0.3, -0.25) is 0 Å². The maximum absolute atomic E-state index is 14.5. The first-order chi connectivity index (χ1) is 23.7. The van der Waals surface area contributed by atoms with E-state index in [1.807, 2.05) is 20.2 Å². The van der Waals surface area contributed by atoms with E-state index in [-0.39, 0.29) is 27.8 Å². The number of sulfonamides is 1. The molecule has 0 amide bonds. The lowest BCUT2D eigenvalue weighted by Crippen LogP contribution is -2.56. The number of aryl methyl sites for hydroxylation is 2. The van der Waals surface area contributed by atoms with Gasteiger partial charge in [0.2, 0.25) is 0 Å². The molecular formula is C36H41ClF3N5O4S. The molecule has 0 spiro atoms. The first-order valence-electron chi connectivity index (χ1n) is 16.1. The maximum Gasteiger partial charge on any atom is 0.416 e. The summed E-state index contributed by atoms with van der Waals surface area (Å²) in [5, 5.41) is 0.0609. The highest BCUT2D eigenvalue weighted by Gasteiger charge is 2.39. The van der Waals surface area contributed by atoms with Crippen LogP contribution in [-0.2, 0) is 29.2 Å². The van der Waals surface area contributed by atoms with Crippen LogP contribution in [-0.4, -0.2) is 70.2 Å². The average Bonchev–Trinajstić information content (AvgIpc) is 3.09. The molecule has 14 heteroatoms. The Morgan fingerprint density at radius 3 is 2.46 bits per heavy atom. The van der Waals surface area contributed by atoms with Crippen molar-refractivity contribution in [1.82, 2.24) is 14.9 Å². The van der Waals surface area contributed by atoms with Crippen LogP contribution in [0.25, 0.3) is 0 Å². The normalized spacial score (nSPS) is 16.8. The Balaban J connectivity index is 1.45. The number of anilines is 2. The molecule has 2 heterocycles. The molecule has 0 saturated carbocycles. The monoisotopic (exact) mass is 731 g/mol. The van der Waals surface area contributed by atoms with Crippen LogP contribution in [0.3, 0.4) is 0 Å². The third kappa shape index (κ3) is 7.95. The number of piperidine rings is 1. The average molecular weight is 732 g/mol. The first-order valence-corrected chi connectivity index (χ1v) is 17.9. The van der Waals surface area contributed by atoms with Crippen molar-refractivity contribution in [3.8, 4) is 11.5 Å². The van der Waals surface area contributed by atoms with E-state index >= 15 is 0 Å². The molecule has 3 aromatic carbocycles. The molecule has 1 aliphatic heterocycles. The zero-order valence-electron chi connectivity index (χ0n) is 28.7. The van der Waals surface area contributed by atoms with Gasteiger partial charge in [0, 0.05) is 48.2 Å². The molecule has 268 valence electrons. The first kappa shape index (κ1) is 37.2. The molecular weight excluding hydrogens is 691 g/mol. The standard InChI is InChI=1S/C36H41ClF3N5O4S/c1-25-18-29(44-17-7-14-35(23-44,43(2)3)15-12-26-8-6-9-28(19-26)36(38,39)40)20-31(37)34(25)50(46,47)45(33-13-16-41-24-42-33)22-27-10-11-30(48-4)21-32(27)49-5/h6,8-11,13,16,18-21,24H,7,12,14-15,17,22-23H2,1-5H3. The summed E-state index contributed by atoms with van der Waals surface area (Å²) >= 11 is 6.89. The van der Waals surface area contributed by atoms with Crippen LogP contribution < -0.4 is 18.7 Å². The number of halogens is 4. The molecule has 1 fully saturated rings. The zero-order valence-corrected chi connectivity index (χ0v) is 30.2. The number of ether oxygens (including phenoxy) is 2. The van der Waals surface area contributed by atoms with Crippen molar-refractivity contribution in [2.45, 2.75) is 55.8 Å². The lowest BCUT2D eigenvalue weighted by Gasteiger charge is -2.48. The van der Waals surface area contributed by atoms with Crippen molar-refractivity contribution in [3.05, 3.63) is 100 Å². The van der Waals surface area contributed by atoms with Crippen LogP contribution in [0.4, 0.5) is 24.7 Å². The number of hydrogen-bond donors (Lipinski definition) is 0. The molecule has 1 saturated heterocycles. The molecule has 50 heavy (non-hydrogen) atoms. The van der Waals surface area contributed by atoms with Crippen molar-refractivity contribution in [1.29, 1.82) is 0 Å². The van der Waals surface area contributed by atoms with Gasteiger partial charge in [0.15, 0.2) is 0 Å². The third-order valence-corrected chi connectivity index (χ3v) is 11.8. The molecule has 9 nitrogen and oxygen atoms in total. The van der Waals surface area contributed by atoms with Crippen LogP contribution >= 0.6 is 11.6 Å². The number of aromatic nitrogens is 2. The fourth-order valence-corrected chi connectivity index (χ4v) is 8.80. The van der Waals surface area contributed by atoms with Gasteiger partial charge in [-0.1, -0.05) is 29.8 Å². The van der Waals surface area contributed by atoms with Crippen LogP contribution in [0.2, 0.25) is 5.02 Å². The minimum atomic E-state index is -4.40. The topological polar surface area (TPSA) is 88.1 Å². The maximum atomic E-state index is 14.5.